The van der Waals surface area contributed by atoms with Crippen LogP contribution >= 0.6 is 11.6 Å². The molecule has 150 valence electrons. The molecular weight excluding hydrogens is 404 g/mol. The molecule has 0 aliphatic carbocycles. The lowest BCUT2D eigenvalue weighted by atomic mass is 10.2. The minimum absolute atomic E-state index is 0.0401. The summed E-state index contributed by atoms with van der Waals surface area (Å²) in [6, 6.07) is 14.6. The lowest BCUT2D eigenvalue weighted by Crippen LogP contribution is -2.38. The first kappa shape index (κ1) is 21.9. The van der Waals surface area contributed by atoms with Gasteiger partial charge in [-0.25, -0.2) is 13.1 Å². The maximum absolute atomic E-state index is 12.4. The summed E-state index contributed by atoms with van der Waals surface area (Å²) in [5.74, 6) is -1.07. The first-order chi connectivity index (χ1) is 13.2. The van der Waals surface area contributed by atoms with E-state index in [-0.39, 0.29) is 23.8 Å². The van der Waals surface area contributed by atoms with Crippen molar-refractivity contribution in [3.05, 3.63) is 59.6 Å². The van der Waals surface area contributed by atoms with Gasteiger partial charge in [0.1, 0.15) is 0 Å². The molecule has 1 amide bonds. The molecule has 28 heavy (non-hydrogen) atoms. The molecule has 1 unspecified atom stereocenters. The van der Waals surface area contributed by atoms with E-state index >= 15 is 0 Å². The van der Waals surface area contributed by atoms with Gasteiger partial charge in [-0.15, -0.1) is 0 Å². The van der Waals surface area contributed by atoms with Crippen molar-refractivity contribution in [2.24, 2.45) is 0 Å². The van der Waals surface area contributed by atoms with E-state index in [2.05, 4.69) is 4.72 Å². The fraction of sp³-hybridized carbons (Fsp3) is 0.263. The number of sulfonamides is 1. The summed E-state index contributed by atoms with van der Waals surface area (Å²) in [6.45, 7) is 1.32. The molecule has 2 aromatic rings. The van der Waals surface area contributed by atoms with Gasteiger partial charge in [0.2, 0.25) is 10.0 Å². The molecule has 2 aromatic carbocycles. The van der Waals surface area contributed by atoms with Gasteiger partial charge in [0.25, 0.3) is 5.91 Å². The highest BCUT2D eigenvalue weighted by Gasteiger charge is 2.22. The zero-order chi connectivity index (χ0) is 20.7. The van der Waals surface area contributed by atoms with Gasteiger partial charge in [0.05, 0.1) is 11.3 Å². The van der Waals surface area contributed by atoms with Crippen molar-refractivity contribution in [1.82, 2.24) is 4.72 Å². The number of carbonyl (C=O) groups excluding carboxylic acids is 2. The molecule has 0 spiro atoms. The molecule has 0 fully saturated rings. The number of hydrogen-bond acceptors (Lipinski definition) is 5. The number of esters is 1. The highest BCUT2D eigenvalue weighted by Crippen LogP contribution is 2.15. The molecule has 1 N–H and O–H groups in total. The molecule has 9 heteroatoms. The largest absolute Gasteiger partial charge is 0.452 e. The van der Waals surface area contributed by atoms with Crippen LogP contribution in [0.5, 0.6) is 0 Å². The van der Waals surface area contributed by atoms with E-state index in [0.717, 1.165) is 0 Å². The number of para-hydroxylation sites is 1. The fourth-order valence-electron chi connectivity index (χ4n) is 2.34. The van der Waals surface area contributed by atoms with Gasteiger partial charge in [0, 0.05) is 24.3 Å². The van der Waals surface area contributed by atoms with Crippen molar-refractivity contribution in [3.63, 3.8) is 0 Å². The summed E-state index contributed by atoms with van der Waals surface area (Å²) in [7, 11) is -2.17. The van der Waals surface area contributed by atoms with Gasteiger partial charge in [-0.3, -0.25) is 9.59 Å². The van der Waals surface area contributed by atoms with Crippen LogP contribution in [-0.2, 0) is 24.3 Å². The number of anilines is 1. The van der Waals surface area contributed by atoms with Gasteiger partial charge in [-0.05, 0) is 43.3 Å². The lowest BCUT2D eigenvalue weighted by Gasteiger charge is -2.21. The highest BCUT2D eigenvalue weighted by atomic mass is 35.5. The monoisotopic (exact) mass is 424 g/mol. The third kappa shape index (κ3) is 6.05. The molecule has 0 aromatic heterocycles. The van der Waals surface area contributed by atoms with Crippen LogP contribution in [0.25, 0.3) is 0 Å². The normalized spacial score (nSPS) is 12.2. The third-order valence-electron chi connectivity index (χ3n) is 3.88. The van der Waals surface area contributed by atoms with Crippen LogP contribution in [0, 0.1) is 0 Å². The molecule has 0 aliphatic rings. The van der Waals surface area contributed by atoms with Crippen LogP contribution in [0.2, 0.25) is 5.02 Å². The van der Waals surface area contributed by atoms with Crippen LogP contribution in [0.3, 0.4) is 0 Å². The number of rotatable bonds is 8. The summed E-state index contributed by atoms with van der Waals surface area (Å²) in [5.41, 5.74) is 0.672. The second kappa shape index (κ2) is 9.68. The molecule has 0 bridgehead atoms. The van der Waals surface area contributed by atoms with E-state index in [1.165, 1.54) is 36.1 Å². The Morgan fingerprint density at radius 2 is 1.71 bits per heavy atom. The summed E-state index contributed by atoms with van der Waals surface area (Å²) >= 11 is 5.74. The predicted octanol–water partition coefficient (Wildman–Crippen LogP) is 2.60. The van der Waals surface area contributed by atoms with Crippen LogP contribution in [0.15, 0.2) is 59.5 Å². The van der Waals surface area contributed by atoms with Gasteiger partial charge in [-0.1, -0.05) is 29.8 Å². The Hall–Kier alpha value is -2.42. The molecule has 0 radical (unpaired) electrons. The van der Waals surface area contributed by atoms with Gasteiger partial charge in [0.15, 0.2) is 6.10 Å². The number of ether oxygens (including phenoxy) is 1. The SMILES string of the molecule is CC(OC(=O)CCNS(=O)(=O)c1ccc(Cl)cc1)C(=O)N(C)c1ccccc1. The van der Waals surface area contributed by atoms with E-state index in [9.17, 15) is 18.0 Å². The lowest BCUT2D eigenvalue weighted by molar-refractivity contribution is -0.153. The third-order valence-corrected chi connectivity index (χ3v) is 5.60. The molecule has 7 nitrogen and oxygen atoms in total. The maximum atomic E-state index is 12.4. The number of nitrogens with one attached hydrogen (secondary N) is 1. The Morgan fingerprint density at radius 1 is 1.11 bits per heavy atom. The van der Waals surface area contributed by atoms with Crippen molar-refractivity contribution >= 4 is 39.2 Å². The number of nitrogens with zero attached hydrogens (tertiary/aromatic N) is 1. The van der Waals surface area contributed by atoms with Crippen LogP contribution in [0.1, 0.15) is 13.3 Å². The maximum Gasteiger partial charge on any atom is 0.307 e. The topological polar surface area (TPSA) is 92.8 Å². The highest BCUT2D eigenvalue weighted by molar-refractivity contribution is 7.89. The molecule has 0 aliphatic heterocycles. The first-order valence-corrected chi connectivity index (χ1v) is 10.3. The Balaban J connectivity index is 1.83. The van der Waals surface area contributed by atoms with Crippen molar-refractivity contribution in [2.45, 2.75) is 24.3 Å². The second-order valence-corrected chi connectivity index (χ2v) is 8.17. The van der Waals surface area contributed by atoms with Crippen molar-refractivity contribution in [3.8, 4) is 0 Å². The Labute approximate surface area is 169 Å². The number of likely N-dealkylation sites (N-methyl/N-ethyl adjacent to an activating group) is 1. The fourth-order valence-corrected chi connectivity index (χ4v) is 3.50. The summed E-state index contributed by atoms with van der Waals surface area (Å²) in [5, 5.41) is 0.418. The van der Waals surface area contributed by atoms with Crippen LogP contribution in [0.4, 0.5) is 5.69 Å². The number of halogens is 1. The zero-order valence-electron chi connectivity index (χ0n) is 15.5. The molecule has 0 saturated carbocycles. The number of amides is 1. The standard InChI is InChI=1S/C19H21ClN2O5S/c1-14(19(24)22(2)16-6-4-3-5-7-16)27-18(23)12-13-21-28(25,26)17-10-8-15(20)9-11-17/h3-11,14,21H,12-13H2,1-2H3. The number of carbonyl (C=O) groups is 2. The Bertz CT molecular complexity index is 917. The van der Waals surface area contributed by atoms with Crippen LogP contribution in [-0.4, -0.2) is 40.0 Å². The van der Waals surface area contributed by atoms with Crippen molar-refractivity contribution in [1.29, 1.82) is 0 Å². The predicted molar refractivity (Wildman–Crippen MR) is 107 cm³/mol. The molecule has 1 atom stereocenters. The molecule has 2 rings (SSSR count). The minimum Gasteiger partial charge on any atom is -0.452 e. The second-order valence-electron chi connectivity index (χ2n) is 5.97. The smallest absolute Gasteiger partial charge is 0.307 e. The quantitative estimate of drug-likeness (QED) is 0.657. The van der Waals surface area contributed by atoms with Crippen molar-refractivity contribution < 1.29 is 22.7 Å². The average molecular weight is 425 g/mol. The van der Waals surface area contributed by atoms with Gasteiger partial charge >= 0.3 is 5.97 Å². The summed E-state index contributed by atoms with van der Waals surface area (Å²) in [6.07, 6.45) is -1.20. The molecule has 0 heterocycles. The Morgan fingerprint density at radius 3 is 2.32 bits per heavy atom. The van der Waals surface area contributed by atoms with Gasteiger partial charge < -0.3 is 9.64 Å². The van der Waals surface area contributed by atoms with E-state index in [1.54, 1.807) is 31.3 Å². The van der Waals surface area contributed by atoms with Gasteiger partial charge in [-0.2, -0.15) is 0 Å². The zero-order valence-corrected chi connectivity index (χ0v) is 17.0. The van der Waals surface area contributed by atoms with Crippen LogP contribution < -0.4 is 9.62 Å². The van der Waals surface area contributed by atoms with Crippen molar-refractivity contribution in [2.75, 3.05) is 18.5 Å². The number of benzene rings is 2. The summed E-state index contributed by atoms with van der Waals surface area (Å²) in [4.78, 5) is 25.7. The molecular formula is C19H21ClN2O5S. The van der Waals surface area contributed by atoms with E-state index in [0.29, 0.717) is 10.7 Å². The van der Waals surface area contributed by atoms with E-state index in [4.69, 9.17) is 16.3 Å². The van der Waals surface area contributed by atoms with E-state index < -0.39 is 22.1 Å². The Kier molecular flexibility index (Phi) is 7.56. The first-order valence-electron chi connectivity index (χ1n) is 8.48. The minimum atomic E-state index is -3.76. The summed E-state index contributed by atoms with van der Waals surface area (Å²) < 4.78 is 31.7. The van der Waals surface area contributed by atoms with E-state index in [1.807, 2.05) is 6.07 Å². The average Bonchev–Trinajstić information content (AvgIpc) is 2.67. The number of hydrogen-bond donors (Lipinski definition) is 1. The molecule has 0 saturated heterocycles.